The first kappa shape index (κ1) is 24.6. The number of hydrogen-bond donors (Lipinski definition) is 1. The summed E-state index contributed by atoms with van der Waals surface area (Å²) >= 11 is 1.78. The summed E-state index contributed by atoms with van der Waals surface area (Å²) in [6.45, 7) is 6.66. The van der Waals surface area contributed by atoms with Gasteiger partial charge in [-0.3, -0.25) is 0 Å². The van der Waals surface area contributed by atoms with E-state index in [1.54, 1.807) is 24.4 Å². The van der Waals surface area contributed by atoms with Crippen molar-refractivity contribution in [2.75, 3.05) is 50.9 Å². The predicted octanol–water partition coefficient (Wildman–Crippen LogP) is 4.04. The molecule has 9 heteroatoms. The van der Waals surface area contributed by atoms with Crippen LogP contribution in [0, 0.1) is 17.2 Å². The third kappa shape index (κ3) is 5.55. The van der Waals surface area contributed by atoms with Crippen LogP contribution < -0.4 is 9.62 Å². The monoisotopic (exact) mass is 513 g/mol. The zero-order chi connectivity index (χ0) is 24.4. The molecule has 6 rings (SSSR count). The lowest BCUT2D eigenvalue weighted by atomic mass is 9.80. The number of ether oxygens (including phenoxy) is 2. The van der Waals surface area contributed by atoms with E-state index in [4.69, 9.17) is 9.47 Å². The first-order chi connectivity index (χ1) is 17.7. The number of hydrogen-bond acceptors (Lipinski definition) is 8. The molecule has 4 fully saturated rings. The Labute approximate surface area is 217 Å². The van der Waals surface area contributed by atoms with Crippen molar-refractivity contribution in [3.8, 4) is 0 Å². The summed E-state index contributed by atoms with van der Waals surface area (Å²) in [6.07, 6.45) is 7.24. The van der Waals surface area contributed by atoms with Crippen LogP contribution in [0.25, 0.3) is 0 Å². The van der Waals surface area contributed by atoms with Gasteiger partial charge in [-0.2, -0.15) is 5.10 Å². The summed E-state index contributed by atoms with van der Waals surface area (Å²) < 4.78 is 31.8. The van der Waals surface area contributed by atoms with Gasteiger partial charge < -0.3 is 14.4 Å². The molecule has 2 unspecified atom stereocenters. The molecular formula is C27H36FN5O2S. The number of halogens is 1. The van der Waals surface area contributed by atoms with E-state index in [0.29, 0.717) is 23.3 Å². The smallest absolute Gasteiger partial charge is 0.151 e. The Bertz CT molecular complexity index is 997. The quantitative estimate of drug-likeness (QED) is 0.531. The lowest BCUT2D eigenvalue weighted by Gasteiger charge is -2.54. The van der Waals surface area contributed by atoms with Gasteiger partial charge in [0.15, 0.2) is 5.82 Å². The van der Waals surface area contributed by atoms with E-state index in [2.05, 4.69) is 30.2 Å². The molecule has 7 nitrogen and oxygen atoms in total. The zero-order valence-electron chi connectivity index (χ0n) is 20.7. The maximum atomic E-state index is 13.7. The highest BCUT2D eigenvalue weighted by molar-refractivity contribution is 7.95. The molecule has 3 aliphatic heterocycles. The maximum absolute atomic E-state index is 13.7. The van der Waals surface area contributed by atoms with Crippen molar-refractivity contribution < 1.29 is 13.9 Å². The molecule has 2 aromatic rings. The van der Waals surface area contributed by atoms with Crippen LogP contribution in [0.2, 0.25) is 0 Å². The number of nitrogens with zero attached hydrogens (tertiary/aromatic N) is 4. The molecule has 3 saturated heterocycles. The van der Waals surface area contributed by atoms with E-state index in [1.165, 1.54) is 6.07 Å². The van der Waals surface area contributed by atoms with Gasteiger partial charge >= 0.3 is 0 Å². The Kier molecular flexibility index (Phi) is 7.44. The predicted molar refractivity (Wildman–Crippen MR) is 139 cm³/mol. The van der Waals surface area contributed by atoms with E-state index in [-0.39, 0.29) is 11.9 Å². The Morgan fingerprint density at radius 3 is 2.69 bits per heavy atom. The minimum Gasteiger partial charge on any atom is -0.380 e. The van der Waals surface area contributed by atoms with Crippen LogP contribution in [-0.4, -0.2) is 72.6 Å². The second-order valence-electron chi connectivity index (χ2n) is 11.0. The van der Waals surface area contributed by atoms with Crippen molar-refractivity contribution in [1.82, 2.24) is 19.2 Å². The standard InChI is InChI=1S/C27H36FN5O2S/c28-23-4-1-3-21(13-23)20-6-8-24(9-7-20)35-15-22-14-32(26-5-2-11-29-30-26)12-10-25(22)31-36-33-16-27(17-33)18-34-19-27/h1-5,11,13,20,22,24-25,31H,6-10,12,14-19H2. The van der Waals surface area contributed by atoms with Crippen LogP contribution in [-0.2, 0) is 9.47 Å². The van der Waals surface area contributed by atoms with E-state index in [0.717, 1.165) is 89.5 Å². The fraction of sp³-hybridized carbons (Fsp3) is 0.630. The van der Waals surface area contributed by atoms with Crippen LogP contribution in [0.3, 0.4) is 0 Å². The molecule has 1 aromatic heterocycles. The van der Waals surface area contributed by atoms with Crippen molar-refractivity contribution in [1.29, 1.82) is 0 Å². The summed E-state index contributed by atoms with van der Waals surface area (Å²) in [5.41, 5.74) is 1.56. The first-order valence-electron chi connectivity index (χ1n) is 13.3. The number of piperidine rings is 1. The van der Waals surface area contributed by atoms with Gasteiger partial charge in [-0.05, 0) is 67.9 Å². The number of benzene rings is 1. The molecule has 1 saturated carbocycles. The highest BCUT2D eigenvalue weighted by Crippen LogP contribution is 2.41. The third-order valence-electron chi connectivity index (χ3n) is 8.33. The molecule has 2 atom stereocenters. The normalized spacial score (nSPS) is 30.1. The molecule has 1 aromatic carbocycles. The van der Waals surface area contributed by atoms with Crippen LogP contribution in [0.1, 0.15) is 43.6 Å². The van der Waals surface area contributed by atoms with Gasteiger partial charge in [0.05, 0.1) is 25.9 Å². The van der Waals surface area contributed by atoms with Gasteiger partial charge in [-0.25, -0.2) is 13.4 Å². The Balaban J connectivity index is 1.02. The lowest BCUT2D eigenvalue weighted by Crippen LogP contribution is -2.64. The SMILES string of the molecule is Fc1cccc(C2CCC(OCC3CN(c4cccnn4)CCC3NSN3CC4(COC4)C3)CC2)c1. The van der Waals surface area contributed by atoms with Crippen molar-refractivity contribution in [3.63, 3.8) is 0 Å². The minimum atomic E-state index is -0.137. The third-order valence-corrected chi connectivity index (χ3v) is 9.25. The number of aromatic nitrogens is 2. The summed E-state index contributed by atoms with van der Waals surface area (Å²) in [5, 5.41) is 8.43. The van der Waals surface area contributed by atoms with E-state index in [9.17, 15) is 4.39 Å². The van der Waals surface area contributed by atoms with Gasteiger partial charge in [-0.1, -0.05) is 12.1 Å². The minimum absolute atomic E-state index is 0.137. The highest BCUT2D eigenvalue weighted by atomic mass is 32.2. The molecule has 36 heavy (non-hydrogen) atoms. The maximum Gasteiger partial charge on any atom is 0.151 e. The fourth-order valence-corrected chi connectivity index (χ4v) is 7.36. The topological polar surface area (TPSA) is 62.8 Å². The molecule has 4 aliphatic rings. The lowest BCUT2D eigenvalue weighted by molar-refractivity contribution is -0.164. The molecular weight excluding hydrogens is 477 g/mol. The van der Waals surface area contributed by atoms with E-state index >= 15 is 0 Å². The van der Waals surface area contributed by atoms with Crippen molar-refractivity contribution in [3.05, 3.63) is 54.0 Å². The average molecular weight is 514 g/mol. The summed E-state index contributed by atoms with van der Waals surface area (Å²) in [4.78, 5) is 2.34. The van der Waals surface area contributed by atoms with E-state index in [1.807, 2.05) is 18.2 Å². The summed E-state index contributed by atoms with van der Waals surface area (Å²) in [5.74, 6) is 1.62. The molecule has 1 spiro atoms. The van der Waals surface area contributed by atoms with Crippen LogP contribution in [0.4, 0.5) is 10.2 Å². The molecule has 4 heterocycles. The number of nitrogens with one attached hydrogen (secondary N) is 1. The van der Waals surface area contributed by atoms with Gasteiger partial charge in [0.25, 0.3) is 0 Å². The summed E-state index contributed by atoms with van der Waals surface area (Å²) in [7, 11) is 0. The van der Waals surface area contributed by atoms with Gasteiger partial charge in [0.2, 0.25) is 0 Å². The number of rotatable bonds is 8. The van der Waals surface area contributed by atoms with E-state index < -0.39 is 0 Å². The molecule has 1 N–H and O–H groups in total. The molecule has 0 radical (unpaired) electrons. The largest absolute Gasteiger partial charge is 0.380 e. The molecule has 194 valence electrons. The fourth-order valence-electron chi connectivity index (χ4n) is 6.09. The Morgan fingerprint density at radius 2 is 1.97 bits per heavy atom. The molecule has 0 bridgehead atoms. The summed E-state index contributed by atoms with van der Waals surface area (Å²) in [6, 6.07) is 11.5. The Hall–Kier alpha value is -1.78. The van der Waals surface area contributed by atoms with Crippen LogP contribution in [0.15, 0.2) is 42.6 Å². The van der Waals surface area contributed by atoms with Crippen molar-refractivity contribution in [2.45, 2.75) is 50.2 Å². The van der Waals surface area contributed by atoms with Gasteiger partial charge in [0.1, 0.15) is 5.82 Å². The number of anilines is 1. The van der Waals surface area contributed by atoms with Crippen molar-refractivity contribution >= 4 is 18.0 Å². The second-order valence-corrected chi connectivity index (χ2v) is 12.0. The Morgan fingerprint density at radius 1 is 1.11 bits per heavy atom. The van der Waals surface area contributed by atoms with Crippen LogP contribution in [0.5, 0.6) is 0 Å². The van der Waals surface area contributed by atoms with Crippen molar-refractivity contribution in [2.24, 2.45) is 11.3 Å². The second kappa shape index (κ2) is 10.9. The first-order valence-corrected chi connectivity index (χ1v) is 14.1. The molecule has 0 amide bonds. The highest BCUT2D eigenvalue weighted by Gasteiger charge is 2.49. The van der Waals surface area contributed by atoms with Crippen LogP contribution >= 0.6 is 12.1 Å². The van der Waals surface area contributed by atoms with Gasteiger partial charge in [0, 0.05) is 61.9 Å². The van der Waals surface area contributed by atoms with Gasteiger partial charge in [-0.15, -0.1) is 5.10 Å². The molecule has 1 aliphatic carbocycles. The average Bonchev–Trinajstić information content (AvgIpc) is 2.87. The zero-order valence-corrected chi connectivity index (χ0v) is 21.5.